The summed E-state index contributed by atoms with van der Waals surface area (Å²) in [5, 5.41) is 7.72. The van der Waals surface area contributed by atoms with Crippen LogP contribution >= 0.6 is 24.0 Å². The smallest absolute Gasteiger partial charge is 0.167 e. The van der Waals surface area contributed by atoms with Gasteiger partial charge in [0.25, 0.3) is 0 Å². The van der Waals surface area contributed by atoms with Crippen LogP contribution in [0.5, 0.6) is 0 Å². The standard InChI is InChI=1S/C7H14N2S2/c1-3-11-6-4-5(2)8-7(10)9-6/h5-6H,3-4H2,1-2H3,(H2,8,9,10)/t5-,6+/m0/s1. The summed E-state index contributed by atoms with van der Waals surface area (Å²) in [6.07, 6.45) is 1.15. The van der Waals surface area contributed by atoms with Crippen molar-refractivity contribution in [2.45, 2.75) is 31.7 Å². The molecule has 2 atom stereocenters. The second-order valence-electron chi connectivity index (χ2n) is 2.70. The van der Waals surface area contributed by atoms with Crippen molar-refractivity contribution in [3.05, 3.63) is 0 Å². The minimum Gasteiger partial charge on any atom is -0.360 e. The van der Waals surface area contributed by atoms with Gasteiger partial charge in [-0.2, -0.15) is 0 Å². The minimum absolute atomic E-state index is 0.517. The van der Waals surface area contributed by atoms with Crippen LogP contribution in [0.4, 0.5) is 0 Å². The van der Waals surface area contributed by atoms with Gasteiger partial charge in [0, 0.05) is 6.04 Å². The van der Waals surface area contributed by atoms with Crippen LogP contribution in [0.25, 0.3) is 0 Å². The maximum Gasteiger partial charge on any atom is 0.167 e. The van der Waals surface area contributed by atoms with Crippen molar-refractivity contribution >= 4 is 29.1 Å². The van der Waals surface area contributed by atoms with Crippen molar-refractivity contribution in [2.75, 3.05) is 5.75 Å². The second-order valence-corrected chi connectivity index (χ2v) is 4.59. The zero-order chi connectivity index (χ0) is 8.27. The van der Waals surface area contributed by atoms with Crippen LogP contribution in [-0.4, -0.2) is 22.3 Å². The van der Waals surface area contributed by atoms with Gasteiger partial charge in [-0.05, 0) is 31.3 Å². The molecule has 0 aromatic rings. The van der Waals surface area contributed by atoms with Gasteiger partial charge in [-0.15, -0.1) is 11.8 Å². The Morgan fingerprint density at radius 3 is 2.91 bits per heavy atom. The summed E-state index contributed by atoms with van der Waals surface area (Å²) in [6.45, 7) is 4.33. The molecule has 1 fully saturated rings. The summed E-state index contributed by atoms with van der Waals surface area (Å²) in [5.41, 5.74) is 0. The van der Waals surface area contributed by atoms with Gasteiger partial charge in [-0.25, -0.2) is 0 Å². The first-order valence-corrected chi connectivity index (χ1v) is 5.36. The summed E-state index contributed by atoms with van der Waals surface area (Å²) in [6, 6.07) is 0.521. The maximum absolute atomic E-state index is 5.04. The first-order valence-electron chi connectivity index (χ1n) is 3.91. The molecule has 1 heterocycles. The fourth-order valence-electron chi connectivity index (χ4n) is 1.16. The maximum atomic E-state index is 5.04. The zero-order valence-corrected chi connectivity index (χ0v) is 8.52. The Labute approximate surface area is 77.5 Å². The van der Waals surface area contributed by atoms with Crippen molar-refractivity contribution < 1.29 is 0 Å². The number of thiocarbonyl (C=S) groups is 1. The highest BCUT2D eigenvalue weighted by molar-refractivity contribution is 7.99. The topological polar surface area (TPSA) is 24.1 Å². The fraction of sp³-hybridized carbons (Fsp3) is 0.857. The normalized spacial score (nSPS) is 30.9. The summed E-state index contributed by atoms with van der Waals surface area (Å²) in [7, 11) is 0. The number of hydrogen-bond acceptors (Lipinski definition) is 2. The van der Waals surface area contributed by atoms with Crippen molar-refractivity contribution in [1.82, 2.24) is 10.6 Å². The molecule has 0 spiro atoms. The van der Waals surface area contributed by atoms with E-state index in [0.29, 0.717) is 11.4 Å². The van der Waals surface area contributed by atoms with E-state index >= 15 is 0 Å². The average molecular weight is 190 g/mol. The first-order chi connectivity index (χ1) is 5.22. The molecule has 64 valence electrons. The Kier molecular flexibility index (Phi) is 3.45. The number of rotatable bonds is 2. The Morgan fingerprint density at radius 2 is 2.36 bits per heavy atom. The van der Waals surface area contributed by atoms with E-state index in [0.717, 1.165) is 17.3 Å². The molecule has 1 aliphatic rings. The zero-order valence-electron chi connectivity index (χ0n) is 6.89. The van der Waals surface area contributed by atoms with E-state index in [2.05, 4.69) is 24.5 Å². The third-order valence-electron chi connectivity index (χ3n) is 1.61. The van der Waals surface area contributed by atoms with Gasteiger partial charge in [0.05, 0.1) is 5.37 Å². The highest BCUT2D eigenvalue weighted by Gasteiger charge is 2.19. The summed E-state index contributed by atoms with van der Waals surface area (Å²) >= 11 is 6.96. The third-order valence-corrected chi connectivity index (χ3v) is 2.89. The molecule has 4 heteroatoms. The SMILES string of the molecule is CCS[C@@H]1C[C@H](C)NC(=S)N1. The summed E-state index contributed by atoms with van der Waals surface area (Å²) in [5.74, 6) is 1.15. The molecule has 0 aliphatic carbocycles. The largest absolute Gasteiger partial charge is 0.360 e. The Hall–Kier alpha value is 0.0400. The summed E-state index contributed by atoms with van der Waals surface area (Å²) in [4.78, 5) is 0. The van der Waals surface area contributed by atoms with Crippen LogP contribution < -0.4 is 10.6 Å². The van der Waals surface area contributed by atoms with Gasteiger partial charge < -0.3 is 10.6 Å². The monoisotopic (exact) mass is 190 g/mol. The van der Waals surface area contributed by atoms with Gasteiger partial charge in [-0.1, -0.05) is 6.92 Å². The molecule has 1 rings (SSSR count). The van der Waals surface area contributed by atoms with Gasteiger partial charge in [0.15, 0.2) is 5.11 Å². The molecule has 1 aliphatic heterocycles. The van der Waals surface area contributed by atoms with E-state index in [1.54, 1.807) is 0 Å². The Balaban J connectivity index is 2.36. The van der Waals surface area contributed by atoms with Crippen LogP contribution in [0, 0.1) is 0 Å². The van der Waals surface area contributed by atoms with Gasteiger partial charge >= 0.3 is 0 Å². The van der Waals surface area contributed by atoms with Crippen molar-refractivity contribution in [3.8, 4) is 0 Å². The lowest BCUT2D eigenvalue weighted by molar-refractivity contribution is 0.528. The van der Waals surface area contributed by atoms with Crippen molar-refractivity contribution in [1.29, 1.82) is 0 Å². The van der Waals surface area contributed by atoms with E-state index in [-0.39, 0.29) is 0 Å². The van der Waals surface area contributed by atoms with Crippen molar-refractivity contribution in [3.63, 3.8) is 0 Å². The third kappa shape index (κ3) is 2.87. The lowest BCUT2D eigenvalue weighted by Gasteiger charge is -2.30. The van der Waals surface area contributed by atoms with Crippen LogP contribution in [0.2, 0.25) is 0 Å². The van der Waals surface area contributed by atoms with Crippen LogP contribution in [0.3, 0.4) is 0 Å². The number of hydrogen-bond donors (Lipinski definition) is 2. The van der Waals surface area contributed by atoms with E-state index < -0.39 is 0 Å². The lowest BCUT2D eigenvalue weighted by atomic mass is 10.2. The highest BCUT2D eigenvalue weighted by Crippen LogP contribution is 2.15. The van der Waals surface area contributed by atoms with Crippen molar-refractivity contribution in [2.24, 2.45) is 0 Å². The first kappa shape index (κ1) is 9.13. The number of thioether (sulfide) groups is 1. The highest BCUT2D eigenvalue weighted by atomic mass is 32.2. The van der Waals surface area contributed by atoms with Gasteiger partial charge in [0.1, 0.15) is 0 Å². The molecule has 11 heavy (non-hydrogen) atoms. The second kappa shape index (κ2) is 4.16. The van der Waals surface area contributed by atoms with Gasteiger partial charge in [-0.3, -0.25) is 0 Å². The lowest BCUT2D eigenvalue weighted by Crippen LogP contribution is -2.52. The molecule has 0 aromatic heterocycles. The van der Waals surface area contributed by atoms with Crippen LogP contribution in [-0.2, 0) is 0 Å². The molecule has 0 bridgehead atoms. The molecule has 0 saturated carbocycles. The molecule has 1 saturated heterocycles. The van der Waals surface area contributed by atoms with Crippen LogP contribution in [0.1, 0.15) is 20.3 Å². The number of nitrogens with one attached hydrogen (secondary N) is 2. The van der Waals surface area contributed by atoms with E-state index in [4.69, 9.17) is 12.2 Å². The van der Waals surface area contributed by atoms with Gasteiger partial charge in [0.2, 0.25) is 0 Å². The van der Waals surface area contributed by atoms with E-state index in [1.807, 2.05) is 11.8 Å². The molecule has 2 nitrogen and oxygen atoms in total. The van der Waals surface area contributed by atoms with Crippen LogP contribution in [0.15, 0.2) is 0 Å². The molecular weight excluding hydrogens is 176 g/mol. The molecule has 0 aromatic carbocycles. The Bertz CT molecular complexity index is 149. The average Bonchev–Trinajstić information content (AvgIpc) is 1.85. The van der Waals surface area contributed by atoms with E-state index in [9.17, 15) is 0 Å². The predicted molar refractivity (Wildman–Crippen MR) is 54.9 cm³/mol. The minimum atomic E-state index is 0.517. The molecule has 0 radical (unpaired) electrons. The molecular formula is C7H14N2S2. The molecule has 0 amide bonds. The quantitative estimate of drug-likeness (QED) is 0.641. The molecule has 0 unspecified atom stereocenters. The Morgan fingerprint density at radius 1 is 1.64 bits per heavy atom. The van der Waals surface area contributed by atoms with E-state index in [1.165, 1.54) is 0 Å². The predicted octanol–water partition coefficient (Wildman–Crippen LogP) is 1.32. The fourth-order valence-corrected chi connectivity index (χ4v) is 2.61. The molecule has 2 N–H and O–H groups in total. The summed E-state index contributed by atoms with van der Waals surface area (Å²) < 4.78 is 0.